The fraction of sp³-hybridized carbons (Fsp3) is 0.120. The number of phenolic OH excluding ortho intramolecular Hbond substituents is 1. The van der Waals surface area contributed by atoms with E-state index in [2.05, 4.69) is 0 Å². The van der Waals surface area contributed by atoms with Gasteiger partial charge in [-0.05, 0) is 42.8 Å². The number of methoxy groups -OCH3 is 1. The summed E-state index contributed by atoms with van der Waals surface area (Å²) >= 11 is 6.27. The van der Waals surface area contributed by atoms with Gasteiger partial charge in [-0.15, -0.1) is 0 Å². The molecular weight excluding hydrogens is 430 g/mol. The Labute approximate surface area is 189 Å². The summed E-state index contributed by atoms with van der Waals surface area (Å²) in [6, 6.07) is 17.0. The van der Waals surface area contributed by atoms with Crippen molar-refractivity contribution in [3.05, 3.63) is 94.0 Å². The van der Waals surface area contributed by atoms with Crippen molar-refractivity contribution in [1.29, 1.82) is 0 Å². The number of aliphatic hydroxyl groups excluding tert-OH is 1. The number of nitrogens with zero attached hydrogens (tertiary/aromatic N) is 1. The molecule has 3 aromatic rings. The van der Waals surface area contributed by atoms with Crippen LogP contribution in [0.15, 0.2) is 72.3 Å². The number of benzene rings is 3. The molecule has 1 unspecified atom stereocenters. The van der Waals surface area contributed by atoms with E-state index in [0.717, 1.165) is 5.56 Å². The SMILES string of the molecule is COc1ccc(N2C(=O)C(=O)/C(=C(/O)c3ccc(C)cc3)C2c2ccc(O)cc2)cc1Cl. The minimum atomic E-state index is -0.915. The number of aromatic hydroxyl groups is 1. The Hall–Kier alpha value is -3.77. The Morgan fingerprint density at radius 1 is 1.00 bits per heavy atom. The topological polar surface area (TPSA) is 87.1 Å². The standard InChI is InChI=1S/C25H20ClNO5/c1-14-3-5-16(6-4-14)23(29)21-22(15-7-10-18(28)11-8-15)27(25(31)24(21)30)17-9-12-20(32-2)19(26)13-17/h3-13,22,28-29H,1-2H3/b23-21+. The Morgan fingerprint density at radius 3 is 2.25 bits per heavy atom. The second-order valence-electron chi connectivity index (χ2n) is 7.45. The van der Waals surface area contributed by atoms with E-state index in [9.17, 15) is 19.8 Å². The molecule has 1 fully saturated rings. The van der Waals surface area contributed by atoms with Crippen LogP contribution in [0.1, 0.15) is 22.7 Å². The number of aryl methyl sites for hydroxylation is 1. The molecule has 3 aromatic carbocycles. The van der Waals surface area contributed by atoms with Crippen LogP contribution in [0.2, 0.25) is 5.02 Å². The first-order valence-electron chi connectivity index (χ1n) is 9.82. The van der Waals surface area contributed by atoms with E-state index in [-0.39, 0.29) is 22.1 Å². The van der Waals surface area contributed by atoms with E-state index in [4.69, 9.17) is 16.3 Å². The summed E-state index contributed by atoms with van der Waals surface area (Å²) in [5.41, 5.74) is 2.29. The zero-order valence-electron chi connectivity index (χ0n) is 17.4. The molecule has 0 aromatic heterocycles. The van der Waals surface area contributed by atoms with Gasteiger partial charge in [0.25, 0.3) is 11.7 Å². The van der Waals surface area contributed by atoms with Gasteiger partial charge in [-0.3, -0.25) is 14.5 Å². The van der Waals surface area contributed by atoms with Crippen LogP contribution < -0.4 is 9.64 Å². The summed E-state index contributed by atoms with van der Waals surface area (Å²) in [5, 5.41) is 21.1. The molecule has 1 amide bonds. The minimum absolute atomic E-state index is 0.0386. The van der Waals surface area contributed by atoms with Crippen LogP contribution in [-0.4, -0.2) is 29.0 Å². The highest BCUT2D eigenvalue weighted by Crippen LogP contribution is 2.43. The van der Waals surface area contributed by atoms with E-state index in [1.807, 2.05) is 19.1 Å². The highest BCUT2D eigenvalue weighted by atomic mass is 35.5. The number of rotatable bonds is 4. The number of hydrogen-bond acceptors (Lipinski definition) is 5. The molecular formula is C25H20ClNO5. The summed E-state index contributed by atoms with van der Waals surface area (Å²) in [7, 11) is 1.48. The van der Waals surface area contributed by atoms with Gasteiger partial charge in [-0.2, -0.15) is 0 Å². The number of carbonyl (C=O) groups is 2. The number of hydrogen-bond donors (Lipinski definition) is 2. The molecule has 2 N–H and O–H groups in total. The predicted octanol–water partition coefficient (Wildman–Crippen LogP) is 4.99. The van der Waals surface area contributed by atoms with Crippen molar-refractivity contribution in [1.82, 2.24) is 0 Å². The van der Waals surface area contributed by atoms with Crippen LogP contribution in [0, 0.1) is 6.92 Å². The monoisotopic (exact) mass is 449 g/mol. The van der Waals surface area contributed by atoms with Gasteiger partial charge >= 0.3 is 0 Å². The number of halogens is 1. The molecule has 0 radical (unpaired) electrons. The zero-order chi connectivity index (χ0) is 23.0. The van der Waals surface area contributed by atoms with Crippen LogP contribution in [0.5, 0.6) is 11.5 Å². The lowest BCUT2D eigenvalue weighted by atomic mass is 9.95. The molecule has 6 nitrogen and oxygen atoms in total. The first-order valence-corrected chi connectivity index (χ1v) is 10.2. The fourth-order valence-electron chi connectivity index (χ4n) is 3.74. The number of carbonyl (C=O) groups excluding carboxylic acids is 2. The second-order valence-corrected chi connectivity index (χ2v) is 7.85. The Kier molecular flexibility index (Phi) is 5.63. The maximum atomic E-state index is 13.1. The summed E-state index contributed by atoms with van der Waals surface area (Å²) < 4.78 is 5.18. The lowest BCUT2D eigenvalue weighted by molar-refractivity contribution is -0.132. The number of amides is 1. The average molecular weight is 450 g/mol. The molecule has 0 aliphatic carbocycles. The molecule has 1 saturated heterocycles. The fourth-order valence-corrected chi connectivity index (χ4v) is 3.99. The molecule has 1 atom stereocenters. The largest absolute Gasteiger partial charge is 0.508 e. The minimum Gasteiger partial charge on any atom is -0.508 e. The number of aliphatic hydroxyl groups is 1. The molecule has 0 spiro atoms. The van der Waals surface area contributed by atoms with Gasteiger partial charge in [-0.25, -0.2) is 0 Å². The van der Waals surface area contributed by atoms with Gasteiger partial charge in [-0.1, -0.05) is 53.6 Å². The molecule has 162 valence electrons. The van der Waals surface area contributed by atoms with E-state index in [1.54, 1.807) is 36.4 Å². The third-order valence-corrected chi connectivity index (χ3v) is 5.69. The van der Waals surface area contributed by atoms with Crippen LogP contribution in [0.3, 0.4) is 0 Å². The summed E-state index contributed by atoms with van der Waals surface area (Å²) in [5.74, 6) is -1.42. The highest BCUT2D eigenvalue weighted by molar-refractivity contribution is 6.51. The van der Waals surface area contributed by atoms with Crippen molar-refractivity contribution in [3.63, 3.8) is 0 Å². The molecule has 7 heteroatoms. The molecule has 1 aliphatic rings. The molecule has 4 rings (SSSR count). The highest BCUT2D eigenvalue weighted by Gasteiger charge is 2.47. The third-order valence-electron chi connectivity index (χ3n) is 5.39. The van der Waals surface area contributed by atoms with Gasteiger partial charge in [0.1, 0.15) is 17.3 Å². The van der Waals surface area contributed by atoms with E-state index in [1.165, 1.54) is 30.2 Å². The van der Waals surface area contributed by atoms with Gasteiger partial charge in [0.15, 0.2) is 0 Å². The van der Waals surface area contributed by atoms with E-state index >= 15 is 0 Å². The lowest BCUT2D eigenvalue weighted by Gasteiger charge is -2.26. The molecule has 1 heterocycles. The van der Waals surface area contributed by atoms with Gasteiger partial charge in [0.2, 0.25) is 0 Å². The van der Waals surface area contributed by atoms with Crippen LogP contribution in [0.25, 0.3) is 5.76 Å². The smallest absolute Gasteiger partial charge is 0.300 e. The van der Waals surface area contributed by atoms with Crippen LogP contribution >= 0.6 is 11.6 Å². The number of Topliss-reactive ketones (excluding diaryl/α,β-unsaturated/α-hetero) is 1. The summed E-state index contributed by atoms with van der Waals surface area (Å²) in [6.45, 7) is 1.91. The van der Waals surface area contributed by atoms with E-state index < -0.39 is 17.7 Å². The van der Waals surface area contributed by atoms with Crippen molar-refractivity contribution in [2.45, 2.75) is 13.0 Å². The summed E-state index contributed by atoms with van der Waals surface area (Å²) in [6.07, 6.45) is 0. The average Bonchev–Trinajstić information content (AvgIpc) is 3.05. The van der Waals surface area contributed by atoms with Gasteiger partial charge in [0, 0.05) is 11.3 Å². The maximum absolute atomic E-state index is 13.1. The van der Waals surface area contributed by atoms with Crippen LogP contribution in [0.4, 0.5) is 5.69 Å². The van der Waals surface area contributed by atoms with Gasteiger partial charge < -0.3 is 14.9 Å². The third kappa shape index (κ3) is 3.69. The number of ether oxygens (including phenoxy) is 1. The molecule has 0 bridgehead atoms. The zero-order valence-corrected chi connectivity index (χ0v) is 18.1. The first kappa shape index (κ1) is 21.5. The van der Waals surface area contributed by atoms with Crippen molar-refractivity contribution >= 4 is 34.7 Å². The van der Waals surface area contributed by atoms with Crippen molar-refractivity contribution in [2.75, 3.05) is 12.0 Å². The molecule has 32 heavy (non-hydrogen) atoms. The lowest BCUT2D eigenvalue weighted by Crippen LogP contribution is -2.29. The van der Waals surface area contributed by atoms with Crippen molar-refractivity contribution < 1.29 is 24.5 Å². The maximum Gasteiger partial charge on any atom is 0.300 e. The number of anilines is 1. The van der Waals surface area contributed by atoms with E-state index in [0.29, 0.717) is 22.6 Å². The Morgan fingerprint density at radius 2 is 1.66 bits per heavy atom. The molecule has 1 aliphatic heterocycles. The van der Waals surface area contributed by atoms with Gasteiger partial charge in [0.05, 0.1) is 23.7 Å². The molecule has 0 saturated carbocycles. The van der Waals surface area contributed by atoms with Crippen molar-refractivity contribution in [3.8, 4) is 11.5 Å². The normalized spacial score (nSPS) is 17.6. The first-order chi connectivity index (χ1) is 15.3. The Bertz CT molecular complexity index is 1230. The quantitative estimate of drug-likeness (QED) is 0.333. The van der Waals surface area contributed by atoms with Crippen LogP contribution in [-0.2, 0) is 9.59 Å². The Balaban J connectivity index is 1.93. The van der Waals surface area contributed by atoms with Crippen molar-refractivity contribution in [2.24, 2.45) is 0 Å². The predicted molar refractivity (Wildman–Crippen MR) is 122 cm³/mol. The number of phenols is 1. The summed E-state index contributed by atoms with van der Waals surface area (Å²) in [4.78, 5) is 27.5. The second kappa shape index (κ2) is 8.40. The number of ketones is 1.